The van der Waals surface area contributed by atoms with Crippen molar-refractivity contribution in [1.29, 1.82) is 0 Å². The molecule has 0 heterocycles. The van der Waals surface area contributed by atoms with Crippen LogP contribution < -0.4 is 0 Å². The first-order chi connectivity index (χ1) is 46.7. The molecule has 3 N–H and O–H groups in total. The van der Waals surface area contributed by atoms with Crippen molar-refractivity contribution < 1.29 is 80.2 Å². The topological polar surface area (TPSA) is 237 Å². The summed E-state index contributed by atoms with van der Waals surface area (Å²) in [5.41, 5.74) is 0. The van der Waals surface area contributed by atoms with Crippen molar-refractivity contribution in [1.82, 2.24) is 0 Å². The number of ether oxygens (including phenoxy) is 4. The van der Waals surface area contributed by atoms with Crippen LogP contribution in [0.4, 0.5) is 0 Å². The Labute approximate surface area is 581 Å². The fourth-order valence-electron chi connectivity index (χ4n) is 9.55. The molecule has 0 bridgehead atoms. The van der Waals surface area contributed by atoms with E-state index in [1.165, 1.54) is 38.5 Å². The van der Waals surface area contributed by atoms with Crippen LogP contribution in [-0.2, 0) is 65.4 Å². The molecule has 0 saturated carbocycles. The van der Waals surface area contributed by atoms with Gasteiger partial charge < -0.3 is 33.8 Å². The van der Waals surface area contributed by atoms with Crippen molar-refractivity contribution in [3.05, 3.63) is 109 Å². The minimum Gasteiger partial charge on any atom is -0.462 e. The number of carbonyl (C=O) groups is 4. The average molecular weight is 1390 g/mol. The normalized spacial score (nSPS) is 14.6. The third-order valence-electron chi connectivity index (χ3n) is 15.2. The van der Waals surface area contributed by atoms with Gasteiger partial charge in [0.2, 0.25) is 0 Å². The number of rotatable bonds is 69. The van der Waals surface area contributed by atoms with Crippen LogP contribution >= 0.6 is 15.6 Å². The van der Waals surface area contributed by atoms with Crippen molar-refractivity contribution >= 4 is 39.5 Å². The second-order valence-corrected chi connectivity index (χ2v) is 27.4. The Morgan fingerprint density at radius 1 is 0.302 bits per heavy atom. The lowest BCUT2D eigenvalue weighted by molar-refractivity contribution is -0.161. The molecule has 5 unspecified atom stereocenters. The third-order valence-corrected chi connectivity index (χ3v) is 17.1. The number of esters is 4. The first-order valence-corrected chi connectivity index (χ1v) is 40.1. The Kier molecular flexibility index (Phi) is 66.1. The lowest BCUT2D eigenvalue weighted by Crippen LogP contribution is -2.30. The van der Waals surface area contributed by atoms with Gasteiger partial charge in [0.15, 0.2) is 12.2 Å². The Hall–Kier alpha value is -4.28. The van der Waals surface area contributed by atoms with Crippen molar-refractivity contribution in [2.75, 3.05) is 39.6 Å². The number of unbranched alkanes of at least 4 members (excludes halogenated alkanes) is 25. The van der Waals surface area contributed by atoms with Crippen LogP contribution in [0.25, 0.3) is 0 Å². The lowest BCUT2D eigenvalue weighted by atomic mass is 10.1. The monoisotopic (exact) mass is 1390 g/mol. The predicted octanol–water partition coefficient (Wildman–Crippen LogP) is 21.0. The van der Waals surface area contributed by atoms with Gasteiger partial charge in [-0.1, -0.05) is 240 Å². The van der Waals surface area contributed by atoms with Crippen molar-refractivity contribution in [3.63, 3.8) is 0 Å². The molecule has 552 valence electrons. The van der Waals surface area contributed by atoms with E-state index in [1.807, 2.05) is 0 Å². The van der Waals surface area contributed by atoms with Gasteiger partial charge in [-0.25, -0.2) is 9.13 Å². The highest BCUT2D eigenvalue weighted by Crippen LogP contribution is 2.45. The minimum atomic E-state index is -4.98. The van der Waals surface area contributed by atoms with Gasteiger partial charge in [0.1, 0.15) is 19.3 Å². The van der Waals surface area contributed by atoms with Gasteiger partial charge in [-0.05, 0) is 141 Å². The third kappa shape index (κ3) is 68.3. The van der Waals surface area contributed by atoms with E-state index in [0.717, 1.165) is 180 Å². The molecular weight excluding hydrogens is 1260 g/mol. The van der Waals surface area contributed by atoms with Crippen molar-refractivity contribution in [3.8, 4) is 0 Å². The van der Waals surface area contributed by atoms with Gasteiger partial charge >= 0.3 is 39.5 Å². The lowest BCUT2D eigenvalue weighted by Gasteiger charge is -2.21. The summed E-state index contributed by atoms with van der Waals surface area (Å²) in [7, 11) is -9.96. The van der Waals surface area contributed by atoms with E-state index in [-0.39, 0.29) is 25.7 Å². The highest BCUT2D eigenvalue weighted by Gasteiger charge is 2.30. The molecule has 96 heavy (non-hydrogen) atoms. The number of carbonyl (C=O) groups excluding carboxylic acids is 4. The van der Waals surface area contributed by atoms with Crippen LogP contribution in [-0.4, -0.2) is 96.7 Å². The predicted molar refractivity (Wildman–Crippen MR) is 390 cm³/mol. The van der Waals surface area contributed by atoms with Gasteiger partial charge in [-0.3, -0.25) is 37.3 Å². The van der Waals surface area contributed by atoms with Gasteiger partial charge in [-0.2, -0.15) is 0 Å². The highest BCUT2D eigenvalue weighted by molar-refractivity contribution is 7.47. The van der Waals surface area contributed by atoms with E-state index in [2.05, 4.69) is 137 Å². The smallest absolute Gasteiger partial charge is 0.462 e. The summed E-state index contributed by atoms with van der Waals surface area (Å²) < 4.78 is 68.3. The van der Waals surface area contributed by atoms with E-state index in [4.69, 9.17) is 37.0 Å². The number of allylic oxidation sites excluding steroid dienone is 18. The fourth-order valence-corrected chi connectivity index (χ4v) is 11.1. The molecule has 0 aromatic rings. The highest BCUT2D eigenvalue weighted by atomic mass is 31.2. The Morgan fingerprint density at radius 3 is 0.875 bits per heavy atom. The number of hydrogen-bond acceptors (Lipinski definition) is 15. The molecule has 0 radical (unpaired) electrons. The summed E-state index contributed by atoms with van der Waals surface area (Å²) in [6, 6.07) is 0. The van der Waals surface area contributed by atoms with Crippen LogP contribution in [0.1, 0.15) is 297 Å². The number of phosphoric ester groups is 2. The molecule has 0 spiro atoms. The zero-order chi connectivity index (χ0) is 70.4. The van der Waals surface area contributed by atoms with Crippen LogP contribution in [0.15, 0.2) is 109 Å². The van der Waals surface area contributed by atoms with Crippen molar-refractivity contribution in [2.45, 2.75) is 316 Å². The molecule has 0 aromatic carbocycles. The van der Waals surface area contributed by atoms with Gasteiger partial charge in [0.05, 0.1) is 26.4 Å². The fraction of sp³-hybridized carbons (Fsp3) is 0.714. The zero-order valence-corrected chi connectivity index (χ0v) is 61.8. The largest absolute Gasteiger partial charge is 0.472 e. The molecule has 0 aliphatic carbocycles. The maximum atomic E-state index is 13.0. The van der Waals surface area contributed by atoms with E-state index >= 15 is 0 Å². The molecule has 0 aromatic heterocycles. The summed E-state index contributed by atoms with van der Waals surface area (Å²) >= 11 is 0. The molecule has 0 aliphatic heterocycles. The van der Waals surface area contributed by atoms with E-state index < -0.39 is 97.5 Å². The summed E-state index contributed by atoms with van der Waals surface area (Å²) in [6.07, 6.45) is 72.3. The molecule has 19 heteroatoms. The van der Waals surface area contributed by atoms with Crippen molar-refractivity contribution in [2.24, 2.45) is 0 Å². The Morgan fingerprint density at radius 2 is 0.552 bits per heavy atom. The first kappa shape index (κ1) is 91.7. The summed E-state index contributed by atoms with van der Waals surface area (Å²) in [6.45, 7) is 4.52. The van der Waals surface area contributed by atoms with E-state index in [9.17, 15) is 43.2 Å². The van der Waals surface area contributed by atoms with Crippen LogP contribution in [0.3, 0.4) is 0 Å². The molecule has 5 atom stereocenters. The Balaban J connectivity index is 5.35. The standard InChI is InChI=1S/C77H132O17P2/c1-5-9-13-17-21-25-29-32-34-35-37-40-43-46-50-54-58-62-75(80)87-67-72(93-76(81)63-59-55-51-47-41-28-24-20-16-12-8-4)69-91-95(83,84)89-65-71(78)66-90-96(85,86)92-70-73(94-77(82)64-60-56-52-48-44-38-31-27-23-19-15-11-7-3)68-88-74(79)61-57-53-49-45-42-39-36-33-30-26-22-18-14-10-6-2/h9-10,13-14,20-22,24-27,31-34,36-37,40,71-73,78H,5-8,11-12,15-19,23,28-30,35,38-39,41-70H2,1-4H3,(H,83,84)(H,85,86)/b13-9-,14-10-,24-20-,25-21-,26-22-,31-27-,34-32-,36-33-,40-37-. The van der Waals surface area contributed by atoms with Crippen LogP contribution in [0, 0.1) is 0 Å². The SMILES string of the molecule is CC/C=C\C/C=C\C/C=C\C/C=C\CCCCCCC(=O)OCC(COP(=O)(O)OCC(O)COP(=O)(O)OCC(COC(=O)CCCCCCC/C=C\C/C=C\C/C=C\CC)OC(=O)CCCCCCC/C=C\CCCCCC)OC(=O)CCCCCCC/C=C\CCCC. The molecule has 0 aliphatic rings. The van der Waals surface area contributed by atoms with E-state index in [1.54, 1.807) is 0 Å². The maximum absolute atomic E-state index is 13.0. The number of hydrogen-bond donors (Lipinski definition) is 3. The van der Waals surface area contributed by atoms with Gasteiger partial charge in [0.25, 0.3) is 0 Å². The number of aliphatic hydroxyl groups is 1. The molecule has 17 nitrogen and oxygen atoms in total. The maximum Gasteiger partial charge on any atom is 0.472 e. The second kappa shape index (κ2) is 69.2. The molecule has 0 fully saturated rings. The average Bonchev–Trinajstić information content (AvgIpc) is 1.13. The summed E-state index contributed by atoms with van der Waals surface area (Å²) in [5.74, 6) is -2.24. The first-order valence-electron chi connectivity index (χ1n) is 37.1. The zero-order valence-electron chi connectivity index (χ0n) is 60.0. The minimum absolute atomic E-state index is 0.0772. The van der Waals surface area contributed by atoms with Gasteiger partial charge in [-0.15, -0.1) is 0 Å². The number of phosphoric acid groups is 2. The molecular formula is C77H132O17P2. The summed E-state index contributed by atoms with van der Waals surface area (Å²) in [4.78, 5) is 72.7. The number of aliphatic hydroxyl groups excluding tert-OH is 1. The molecule has 0 amide bonds. The van der Waals surface area contributed by atoms with Crippen LogP contribution in [0.2, 0.25) is 0 Å². The molecule has 0 saturated heterocycles. The molecule has 0 rings (SSSR count). The quantitative estimate of drug-likeness (QED) is 0.0169. The van der Waals surface area contributed by atoms with E-state index in [0.29, 0.717) is 25.7 Å². The van der Waals surface area contributed by atoms with Gasteiger partial charge in [0, 0.05) is 25.7 Å². The second-order valence-electron chi connectivity index (χ2n) is 24.5. The Bertz CT molecular complexity index is 2250. The summed E-state index contributed by atoms with van der Waals surface area (Å²) in [5, 5.41) is 10.6. The van der Waals surface area contributed by atoms with Crippen LogP contribution in [0.5, 0.6) is 0 Å².